The SMILES string of the molecule is CC(CNc1nc(C(=O)O)ccc1N)N(C)C. The van der Waals surface area contributed by atoms with Gasteiger partial charge in [-0.05, 0) is 33.2 Å². The van der Waals surface area contributed by atoms with Gasteiger partial charge in [-0.3, -0.25) is 0 Å². The standard InChI is InChI=1S/C11H18N4O2/c1-7(15(2)3)6-13-10-8(12)4-5-9(14-10)11(16)17/h4-5,7H,6,12H2,1-3H3,(H,13,14)(H,16,17). The Hall–Kier alpha value is -1.82. The first-order valence-electron chi connectivity index (χ1n) is 5.32. The normalized spacial score (nSPS) is 12.5. The van der Waals surface area contributed by atoms with Crippen molar-refractivity contribution in [3.05, 3.63) is 17.8 Å². The van der Waals surface area contributed by atoms with Gasteiger partial charge in [0.2, 0.25) is 0 Å². The fraction of sp³-hybridized carbons (Fsp3) is 0.455. The van der Waals surface area contributed by atoms with Gasteiger partial charge in [-0.1, -0.05) is 0 Å². The van der Waals surface area contributed by atoms with Crippen LogP contribution in [-0.4, -0.2) is 47.6 Å². The number of carbonyl (C=O) groups is 1. The van der Waals surface area contributed by atoms with Crippen molar-refractivity contribution in [3.8, 4) is 0 Å². The summed E-state index contributed by atoms with van der Waals surface area (Å²) in [6.07, 6.45) is 0. The van der Waals surface area contributed by atoms with Crippen molar-refractivity contribution in [3.63, 3.8) is 0 Å². The van der Waals surface area contributed by atoms with Crippen molar-refractivity contribution in [2.75, 3.05) is 31.7 Å². The van der Waals surface area contributed by atoms with E-state index < -0.39 is 5.97 Å². The number of pyridine rings is 1. The lowest BCUT2D eigenvalue weighted by Crippen LogP contribution is -2.32. The van der Waals surface area contributed by atoms with Gasteiger partial charge >= 0.3 is 5.97 Å². The number of hydrogen-bond donors (Lipinski definition) is 3. The lowest BCUT2D eigenvalue weighted by Gasteiger charge is -2.20. The van der Waals surface area contributed by atoms with Crippen LogP contribution >= 0.6 is 0 Å². The molecule has 0 saturated heterocycles. The van der Waals surface area contributed by atoms with Crippen LogP contribution in [0.4, 0.5) is 11.5 Å². The van der Waals surface area contributed by atoms with E-state index in [2.05, 4.69) is 10.3 Å². The third-order valence-electron chi connectivity index (χ3n) is 2.59. The second-order valence-electron chi connectivity index (χ2n) is 4.13. The predicted octanol–water partition coefficient (Wildman–Crippen LogP) is 0.724. The Kier molecular flexibility index (Phi) is 4.28. The molecule has 1 unspecified atom stereocenters. The fourth-order valence-corrected chi connectivity index (χ4v) is 1.16. The zero-order chi connectivity index (χ0) is 13.0. The molecule has 6 nitrogen and oxygen atoms in total. The first kappa shape index (κ1) is 13.2. The zero-order valence-corrected chi connectivity index (χ0v) is 10.3. The average molecular weight is 238 g/mol. The number of likely N-dealkylation sites (N-methyl/N-ethyl adjacent to an activating group) is 1. The molecule has 1 aromatic rings. The van der Waals surface area contributed by atoms with Crippen LogP contribution in [0.25, 0.3) is 0 Å². The van der Waals surface area contributed by atoms with E-state index in [0.717, 1.165) is 0 Å². The number of anilines is 2. The molecule has 1 aromatic heterocycles. The molecule has 1 atom stereocenters. The van der Waals surface area contributed by atoms with E-state index >= 15 is 0 Å². The monoisotopic (exact) mass is 238 g/mol. The van der Waals surface area contributed by atoms with Crippen LogP contribution in [0.5, 0.6) is 0 Å². The van der Waals surface area contributed by atoms with Crippen LogP contribution in [0.1, 0.15) is 17.4 Å². The van der Waals surface area contributed by atoms with E-state index in [-0.39, 0.29) is 5.69 Å². The second-order valence-corrected chi connectivity index (χ2v) is 4.13. The summed E-state index contributed by atoms with van der Waals surface area (Å²) in [5.41, 5.74) is 6.15. The van der Waals surface area contributed by atoms with E-state index in [4.69, 9.17) is 10.8 Å². The molecule has 17 heavy (non-hydrogen) atoms. The van der Waals surface area contributed by atoms with Gasteiger partial charge in [-0.25, -0.2) is 9.78 Å². The smallest absolute Gasteiger partial charge is 0.354 e. The third-order valence-corrected chi connectivity index (χ3v) is 2.59. The van der Waals surface area contributed by atoms with Crippen LogP contribution < -0.4 is 11.1 Å². The molecule has 4 N–H and O–H groups in total. The maximum Gasteiger partial charge on any atom is 0.354 e. The van der Waals surface area contributed by atoms with Crippen molar-refractivity contribution in [1.82, 2.24) is 9.88 Å². The molecule has 0 aliphatic heterocycles. The summed E-state index contributed by atoms with van der Waals surface area (Å²) in [5, 5.41) is 11.9. The minimum atomic E-state index is -1.06. The topological polar surface area (TPSA) is 91.5 Å². The number of hydrogen-bond acceptors (Lipinski definition) is 5. The number of nitrogens with one attached hydrogen (secondary N) is 1. The molecule has 0 amide bonds. The fourth-order valence-electron chi connectivity index (χ4n) is 1.16. The second kappa shape index (κ2) is 5.49. The number of nitrogens with zero attached hydrogens (tertiary/aromatic N) is 2. The maximum absolute atomic E-state index is 10.8. The van der Waals surface area contributed by atoms with Gasteiger partial charge in [0.25, 0.3) is 0 Å². The first-order valence-corrected chi connectivity index (χ1v) is 5.32. The van der Waals surface area contributed by atoms with Crippen LogP contribution in [0, 0.1) is 0 Å². The van der Waals surface area contributed by atoms with E-state index in [1.54, 1.807) is 6.07 Å². The largest absolute Gasteiger partial charge is 0.477 e. The van der Waals surface area contributed by atoms with Gasteiger partial charge in [0.05, 0.1) is 5.69 Å². The van der Waals surface area contributed by atoms with Crippen molar-refractivity contribution >= 4 is 17.5 Å². The molecule has 0 aliphatic rings. The molecule has 0 saturated carbocycles. The van der Waals surface area contributed by atoms with Crippen LogP contribution in [0.15, 0.2) is 12.1 Å². The number of nitrogens with two attached hydrogens (primary N) is 1. The van der Waals surface area contributed by atoms with Crippen molar-refractivity contribution in [2.24, 2.45) is 0 Å². The minimum absolute atomic E-state index is 0.0146. The summed E-state index contributed by atoms with van der Waals surface area (Å²) in [7, 11) is 3.94. The number of aromatic nitrogens is 1. The van der Waals surface area contributed by atoms with Gasteiger partial charge in [0, 0.05) is 12.6 Å². The number of aromatic carboxylic acids is 1. The van der Waals surface area contributed by atoms with Crippen molar-refractivity contribution < 1.29 is 9.90 Å². The molecule has 0 bridgehead atoms. The van der Waals surface area contributed by atoms with Crippen molar-refractivity contribution in [2.45, 2.75) is 13.0 Å². The Morgan fingerprint density at radius 2 is 2.24 bits per heavy atom. The molecular formula is C11H18N4O2. The average Bonchev–Trinajstić information content (AvgIpc) is 2.26. The predicted molar refractivity (Wildman–Crippen MR) is 67.2 cm³/mol. The number of carboxylic acids is 1. The first-order chi connectivity index (χ1) is 7.91. The molecule has 6 heteroatoms. The van der Waals surface area contributed by atoms with Crippen LogP contribution in [0.2, 0.25) is 0 Å². The Morgan fingerprint density at radius 3 is 2.76 bits per heavy atom. The van der Waals surface area contributed by atoms with Crippen LogP contribution in [0.3, 0.4) is 0 Å². The Bertz CT molecular complexity index is 406. The Balaban J connectivity index is 2.76. The van der Waals surface area contributed by atoms with E-state index in [1.165, 1.54) is 6.07 Å². The molecule has 0 aliphatic carbocycles. The summed E-state index contributed by atoms with van der Waals surface area (Å²) >= 11 is 0. The number of carboxylic acid groups (broad SMARTS) is 1. The van der Waals surface area contributed by atoms with Gasteiger partial charge in [-0.15, -0.1) is 0 Å². The highest BCUT2D eigenvalue weighted by Gasteiger charge is 2.10. The Labute approximate surface area is 100 Å². The molecule has 0 spiro atoms. The highest BCUT2D eigenvalue weighted by Crippen LogP contribution is 2.15. The van der Waals surface area contributed by atoms with E-state index in [0.29, 0.717) is 24.1 Å². The molecular weight excluding hydrogens is 220 g/mol. The lowest BCUT2D eigenvalue weighted by molar-refractivity contribution is 0.0690. The number of rotatable bonds is 5. The highest BCUT2D eigenvalue weighted by molar-refractivity contribution is 5.86. The number of nitrogen functional groups attached to an aromatic ring is 1. The summed E-state index contributed by atoms with van der Waals surface area (Å²) < 4.78 is 0. The molecule has 0 fully saturated rings. The van der Waals surface area contributed by atoms with Gasteiger partial charge in [-0.2, -0.15) is 0 Å². The van der Waals surface area contributed by atoms with Gasteiger partial charge < -0.3 is 21.1 Å². The summed E-state index contributed by atoms with van der Waals surface area (Å²) in [4.78, 5) is 16.8. The molecule has 1 rings (SSSR count). The van der Waals surface area contributed by atoms with Crippen LogP contribution in [-0.2, 0) is 0 Å². The quantitative estimate of drug-likeness (QED) is 0.700. The summed E-state index contributed by atoms with van der Waals surface area (Å²) in [5.74, 6) is -0.646. The lowest BCUT2D eigenvalue weighted by atomic mass is 10.3. The van der Waals surface area contributed by atoms with E-state index in [9.17, 15) is 4.79 Å². The molecule has 1 heterocycles. The molecule has 94 valence electrons. The minimum Gasteiger partial charge on any atom is -0.477 e. The highest BCUT2D eigenvalue weighted by atomic mass is 16.4. The summed E-state index contributed by atoms with van der Waals surface area (Å²) in [6, 6.07) is 3.22. The van der Waals surface area contributed by atoms with E-state index in [1.807, 2.05) is 25.9 Å². The third kappa shape index (κ3) is 3.60. The Morgan fingerprint density at radius 1 is 1.59 bits per heavy atom. The van der Waals surface area contributed by atoms with Gasteiger partial charge in [0.1, 0.15) is 5.82 Å². The maximum atomic E-state index is 10.8. The molecule has 0 aromatic carbocycles. The van der Waals surface area contributed by atoms with Crippen molar-refractivity contribution in [1.29, 1.82) is 0 Å². The summed E-state index contributed by atoms with van der Waals surface area (Å²) in [6.45, 7) is 2.69. The zero-order valence-electron chi connectivity index (χ0n) is 10.3. The molecule has 0 radical (unpaired) electrons. The van der Waals surface area contributed by atoms with Gasteiger partial charge in [0.15, 0.2) is 5.69 Å².